The fourth-order valence-electron chi connectivity index (χ4n) is 1.26. The Balaban J connectivity index is 3.33. The summed E-state index contributed by atoms with van der Waals surface area (Å²) in [4.78, 5) is 3.36. The van der Waals surface area contributed by atoms with Crippen LogP contribution in [0.5, 0.6) is 11.6 Å². The fourth-order valence-corrected chi connectivity index (χ4v) is 1.84. The molecule has 0 aromatic carbocycles. The van der Waals surface area contributed by atoms with Crippen molar-refractivity contribution >= 4 is 15.9 Å². The molecule has 0 saturated heterocycles. The minimum atomic E-state index is -4.98. The van der Waals surface area contributed by atoms with Gasteiger partial charge in [0, 0.05) is 10.9 Å². The average molecular weight is 336 g/mol. The van der Waals surface area contributed by atoms with Gasteiger partial charge in [-0.05, 0) is 0 Å². The van der Waals surface area contributed by atoms with Gasteiger partial charge < -0.3 is 9.47 Å². The Morgan fingerprint density at radius 3 is 2.39 bits per heavy atom. The summed E-state index contributed by atoms with van der Waals surface area (Å²) in [7, 11) is 1.09. The number of nitrogens with zero attached hydrogens (tertiary/aromatic N) is 1. The molecule has 1 heterocycles. The van der Waals surface area contributed by atoms with Crippen LogP contribution in [0.25, 0.3) is 0 Å². The van der Waals surface area contributed by atoms with Gasteiger partial charge in [-0.3, -0.25) is 0 Å². The van der Waals surface area contributed by atoms with Crippen LogP contribution in [0.15, 0.2) is 6.20 Å². The molecule has 0 aliphatic heterocycles. The van der Waals surface area contributed by atoms with Crippen LogP contribution in [0.2, 0.25) is 0 Å². The third kappa shape index (κ3) is 3.44. The van der Waals surface area contributed by atoms with E-state index >= 15 is 0 Å². The minimum absolute atomic E-state index is 0.253. The lowest BCUT2D eigenvalue weighted by atomic mass is 10.1. The predicted octanol–water partition coefficient (Wildman–Crippen LogP) is 3.82. The molecule has 9 heteroatoms. The van der Waals surface area contributed by atoms with E-state index in [0.717, 1.165) is 7.11 Å². The zero-order chi connectivity index (χ0) is 13.9. The molecule has 3 nitrogen and oxygen atoms in total. The van der Waals surface area contributed by atoms with E-state index in [1.165, 1.54) is 0 Å². The summed E-state index contributed by atoms with van der Waals surface area (Å²) in [5, 5.41) is -0.253. The van der Waals surface area contributed by atoms with Crippen LogP contribution >= 0.6 is 15.9 Å². The van der Waals surface area contributed by atoms with E-state index in [2.05, 4.69) is 30.4 Å². The molecular weight excluding hydrogens is 329 g/mol. The number of rotatable bonds is 4. The number of halogens is 6. The first-order valence-corrected chi connectivity index (χ1v) is 5.58. The van der Waals surface area contributed by atoms with Crippen molar-refractivity contribution in [2.24, 2.45) is 0 Å². The molecule has 0 aliphatic carbocycles. The topological polar surface area (TPSA) is 31.4 Å². The lowest BCUT2D eigenvalue weighted by Gasteiger charge is -2.16. The maximum absolute atomic E-state index is 12.8. The fraction of sp³-hybridized carbons (Fsp3) is 0.444. The summed E-state index contributed by atoms with van der Waals surface area (Å²) in [5.41, 5.74) is -1.08. The molecule has 1 aromatic rings. The summed E-state index contributed by atoms with van der Waals surface area (Å²) in [6, 6.07) is 0. The zero-order valence-electron chi connectivity index (χ0n) is 8.89. The maximum Gasteiger partial charge on any atom is 0.573 e. The van der Waals surface area contributed by atoms with Crippen LogP contribution < -0.4 is 9.47 Å². The Kier molecular flexibility index (Phi) is 4.71. The Hall–Kier alpha value is -1.12. The Bertz CT molecular complexity index is 424. The molecule has 1 rings (SSSR count). The number of ether oxygens (including phenoxy) is 2. The molecule has 0 N–H and O–H groups in total. The molecule has 0 fully saturated rings. The highest BCUT2D eigenvalue weighted by Crippen LogP contribution is 2.38. The van der Waals surface area contributed by atoms with Gasteiger partial charge in [0.05, 0.1) is 18.9 Å². The molecule has 102 valence electrons. The summed E-state index contributed by atoms with van der Waals surface area (Å²) in [6.07, 6.45) is -7.32. The second kappa shape index (κ2) is 5.68. The summed E-state index contributed by atoms with van der Waals surface area (Å²) < 4.78 is 70.1. The van der Waals surface area contributed by atoms with E-state index in [9.17, 15) is 22.0 Å². The Morgan fingerprint density at radius 2 is 2.00 bits per heavy atom. The molecule has 0 aliphatic rings. The van der Waals surface area contributed by atoms with Gasteiger partial charge in [-0.25, -0.2) is 13.8 Å². The molecule has 0 spiro atoms. The van der Waals surface area contributed by atoms with Crippen LogP contribution in [-0.2, 0) is 5.33 Å². The van der Waals surface area contributed by atoms with Crippen molar-refractivity contribution in [2.45, 2.75) is 18.1 Å². The highest BCUT2D eigenvalue weighted by molar-refractivity contribution is 9.08. The predicted molar refractivity (Wildman–Crippen MR) is 55.1 cm³/mol. The third-order valence-electron chi connectivity index (χ3n) is 1.92. The number of hydrogen-bond donors (Lipinski definition) is 0. The first kappa shape index (κ1) is 14.9. The first-order valence-electron chi connectivity index (χ1n) is 4.45. The number of aromatic nitrogens is 1. The summed E-state index contributed by atoms with van der Waals surface area (Å²) in [5.74, 6) is -1.22. The van der Waals surface area contributed by atoms with Crippen LogP contribution in [-0.4, -0.2) is 18.5 Å². The van der Waals surface area contributed by atoms with Gasteiger partial charge in [-0.1, -0.05) is 15.9 Å². The van der Waals surface area contributed by atoms with Gasteiger partial charge in [0.15, 0.2) is 5.75 Å². The lowest BCUT2D eigenvalue weighted by molar-refractivity contribution is -0.275. The molecule has 0 atom stereocenters. The van der Waals surface area contributed by atoms with E-state index in [-0.39, 0.29) is 10.9 Å². The molecular formula is C9H7BrF5NO2. The number of alkyl halides is 6. The van der Waals surface area contributed by atoms with Crippen molar-refractivity contribution in [3.05, 3.63) is 17.3 Å². The molecule has 0 unspecified atom stereocenters. The monoisotopic (exact) mass is 335 g/mol. The number of methoxy groups -OCH3 is 1. The minimum Gasteiger partial charge on any atom is -0.481 e. The number of pyridine rings is 1. The molecule has 0 radical (unpaired) electrons. The van der Waals surface area contributed by atoms with Crippen molar-refractivity contribution in [3.8, 4) is 11.6 Å². The largest absolute Gasteiger partial charge is 0.573 e. The van der Waals surface area contributed by atoms with Crippen molar-refractivity contribution in [3.63, 3.8) is 0 Å². The number of hydrogen-bond acceptors (Lipinski definition) is 3. The van der Waals surface area contributed by atoms with Gasteiger partial charge in [0.2, 0.25) is 5.88 Å². The Morgan fingerprint density at radius 1 is 1.39 bits per heavy atom. The first-order chi connectivity index (χ1) is 8.30. The highest BCUT2D eigenvalue weighted by atomic mass is 79.9. The van der Waals surface area contributed by atoms with Gasteiger partial charge >= 0.3 is 6.36 Å². The SMILES string of the molecule is COc1ncc(OC(F)(F)F)c(CBr)c1C(F)F. The van der Waals surface area contributed by atoms with E-state index in [0.29, 0.717) is 6.20 Å². The van der Waals surface area contributed by atoms with Crippen molar-refractivity contribution < 1.29 is 31.4 Å². The second-order valence-electron chi connectivity index (χ2n) is 3.01. The van der Waals surface area contributed by atoms with Gasteiger partial charge in [-0.2, -0.15) is 0 Å². The summed E-state index contributed by atoms with van der Waals surface area (Å²) >= 11 is 2.83. The molecule has 0 bridgehead atoms. The van der Waals surface area contributed by atoms with E-state index in [1.54, 1.807) is 0 Å². The quantitative estimate of drug-likeness (QED) is 0.619. The molecule has 18 heavy (non-hydrogen) atoms. The molecule has 1 aromatic heterocycles. The molecule has 0 amide bonds. The van der Waals surface area contributed by atoms with Gasteiger partial charge in [0.25, 0.3) is 6.43 Å². The van der Waals surface area contributed by atoms with Crippen molar-refractivity contribution in [1.29, 1.82) is 0 Å². The van der Waals surface area contributed by atoms with Crippen LogP contribution in [0.4, 0.5) is 22.0 Å². The van der Waals surface area contributed by atoms with Crippen LogP contribution in [0, 0.1) is 0 Å². The van der Waals surface area contributed by atoms with Crippen molar-refractivity contribution in [2.75, 3.05) is 7.11 Å². The summed E-state index contributed by atoms with van der Waals surface area (Å²) in [6.45, 7) is 0. The Labute approximate surface area is 107 Å². The van der Waals surface area contributed by atoms with E-state index in [4.69, 9.17) is 0 Å². The maximum atomic E-state index is 12.8. The standard InChI is InChI=1S/C9H7BrF5NO2/c1-17-8-6(7(11)12)4(2-10)5(3-16-8)18-9(13,14)15/h3,7H,2H2,1H3. The third-order valence-corrected chi connectivity index (χ3v) is 2.48. The smallest absolute Gasteiger partial charge is 0.481 e. The van der Waals surface area contributed by atoms with Gasteiger partial charge in [0.1, 0.15) is 0 Å². The highest BCUT2D eigenvalue weighted by Gasteiger charge is 2.34. The van der Waals surface area contributed by atoms with E-state index < -0.39 is 30.0 Å². The van der Waals surface area contributed by atoms with Gasteiger partial charge in [-0.15, -0.1) is 13.2 Å². The lowest BCUT2D eigenvalue weighted by Crippen LogP contribution is -2.19. The average Bonchev–Trinajstić information content (AvgIpc) is 2.26. The normalized spacial score (nSPS) is 11.8. The van der Waals surface area contributed by atoms with Crippen molar-refractivity contribution in [1.82, 2.24) is 4.98 Å². The van der Waals surface area contributed by atoms with E-state index in [1.807, 2.05) is 0 Å². The zero-order valence-corrected chi connectivity index (χ0v) is 10.5. The van der Waals surface area contributed by atoms with Crippen LogP contribution in [0.3, 0.4) is 0 Å². The molecule has 0 saturated carbocycles. The van der Waals surface area contributed by atoms with Crippen LogP contribution in [0.1, 0.15) is 17.6 Å². The second-order valence-corrected chi connectivity index (χ2v) is 3.57.